The van der Waals surface area contributed by atoms with Crippen molar-refractivity contribution in [2.75, 3.05) is 19.0 Å². The number of halogens is 3. The van der Waals surface area contributed by atoms with Crippen LogP contribution in [0.2, 0.25) is 0 Å². The molecule has 2 nitrogen and oxygen atoms in total. The maximum absolute atomic E-state index is 13.8. The van der Waals surface area contributed by atoms with E-state index < -0.39 is 5.82 Å². The highest BCUT2D eigenvalue weighted by molar-refractivity contribution is 9.10. The Kier molecular flexibility index (Phi) is 6.65. The van der Waals surface area contributed by atoms with E-state index in [1.807, 2.05) is 6.92 Å². The van der Waals surface area contributed by atoms with Crippen LogP contribution in [-0.2, 0) is 0 Å². The summed E-state index contributed by atoms with van der Waals surface area (Å²) in [6, 6.07) is 4.72. The minimum Gasteiger partial charge on any atom is -0.337 e. The smallest absolute Gasteiger partial charge is 0.256 e. The standard InChI is InChI=1S/C13H16BrClFNO/c1-2-3-8-17(9-7-15)13(18)10-5-4-6-11(14)12(10)16/h4-6H,2-3,7-9H2,1H3. The van der Waals surface area contributed by atoms with Gasteiger partial charge in [-0.1, -0.05) is 19.4 Å². The molecule has 100 valence electrons. The van der Waals surface area contributed by atoms with Gasteiger partial charge in [-0.2, -0.15) is 0 Å². The highest BCUT2D eigenvalue weighted by Gasteiger charge is 2.19. The topological polar surface area (TPSA) is 20.3 Å². The van der Waals surface area contributed by atoms with Gasteiger partial charge in [0.05, 0.1) is 10.0 Å². The van der Waals surface area contributed by atoms with Crippen molar-refractivity contribution >= 4 is 33.4 Å². The van der Waals surface area contributed by atoms with Gasteiger partial charge in [-0.25, -0.2) is 4.39 Å². The van der Waals surface area contributed by atoms with Crippen LogP contribution in [0.4, 0.5) is 4.39 Å². The molecule has 1 rings (SSSR count). The number of benzene rings is 1. The summed E-state index contributed by atoms with van der Waals surface area (Å²) in [5.41, 5.74) is 0.0885. The first-order valence-corrected chi connectivity index (χ1v) is 7.23. The molecular weight excluding hydrogens is 321 g/mol. The van der Waals surface area contributed by atoms with E-state index in [2.05, 4.69) is 15.9 Å². The first-order valence-electron chi connectivity index (χ1n) is 5.91. The lowest BCUT2D eigenvalue weighted by atomic mass is 10.1. The molecule has 0 N–H and O–H groups in total. The Bertz CT molecular complexity index is 414. The Hall–Kier alpha value is -0.610. The summed E-state index contributed by atoms with van der Waals surface area (Å²) in [5, 5.41) is 0. The largest absolute Gasteiger partial charge is 0.337 e. The Balaban J connectivity index is 2.90. The minimum atomic E-state index is -0.515. The summed E-state index contributed by atoms with van der Waals surface area (Å²) >= 11 is 8.76. The molecule has 0 saturated carbocycles. The van der Waals surface area contributed by atoms with Gasteiger partial charge < -0.3 is 4.90 Å². The molecule has 0 unspecified atom stereocenters. The molecule has 0 heterocycles. The van der Waals surface area contributed by atoms with E-state index in [4.69, 9.17) is 11.6 Å². The summed E-state index contributed by atoms with van der Waals surface area (Å²) < 4.78 is 14.1. The average molecular weight is 337 g/mol. The third kappa shape index (κ3) is 3.95. The zero-order valence-corrected chi connectivity index (χ0v) is 12.6. The maximum atomic E-state index is 13.8. The van der Waals surface area contributed by atoms with Crippen molar-refractivity contribution in [2.24, 2.45) is 0 Å². The van der Waals surface area contributed by atoms with Gasteiger partial charge in [0.25, 0.3) is 5.91 Å². The number of rotatable bonds is 6. The summed E-state index contributed by atoms with van der Waals surface area (Å²) in [6.07, 6.45) is 1.87. The Morgan fingerprint density at radius 3 is 2.78 bits per heavy atom. The summed E-state index contributed by atoms with van der Waals surface area (Å²) in [7, 11) is 0. The van der Waals surface area contributed by atoms with Crippen LogP contribution in [0.1, 0.15) is 30.1 Å². The Morgan fingerprint density at radius 1 is 1.44 bits per heavy atom. The van der Waals surface area contributed by atoms with Crippen LogP contribution in [0.15, 0.2) is 22.7 Å². The summed E-state index contributed by atoms with van der Waals surface area (Å²) in [6.45, 7) is 3.09. The number of hydrogen-bond donors (Lipinski definition) is 0. The van der Waals surface area contributed by atoms with E-state index in [9.17, 15) is 9.18 Å². The van der Waals surface area contributed by atoms with Crippen LogP contribution in [0.3, 0.4) is 0 Å². The molecule has 0 atom stereocenters. The molecule has 0 radical (unpaired) electrons. The predicted molar refractivity (Wildman–Crippen MR) is 75.6 cm³/mol. The number of nitrogens with zero attached hydrogens (tertiary/aromatic N) is 1. The number of carbonyl (C=O) groups excluding carboxylic acids is 1. The molecule has 18 heavy (non-hydrogen) atoms. The van der Waals surface area contributed by atoms with Gasteiger partial charge in [-0.05, 0) is 34.5 Å². The molecule has 0 spiro atoms. The van der Waals surface area contributed by atoms with E-state index in [1.54, 1.807) is 17.0 Å². The van der Waals surface area contributed by atoms with Crippen LogP contribution >= 0.6 is 27.5 Å². The SMILES string of the molecule is CCCCN(CCCl)C(=O)c1cccc(Br)c1F. The molecule has 0 aliphatic rings. The van der Waals surface area contributed by atoms with Gasteiger partial charge in [0.1, 0.15) is 5.82 Å². The monoisotopic (exact) mass is 335 g/mol. The predicted octanol–water partition coefficient (Wildman–Crippen LogP) is 4.07. The lowest BCUT2D eigenvalue weighted by Crippen LogP contribution is -2.34. The first kappa shape index (κ1) is 15.4. The quantitative estimate of drug-likeness (QED) is 0.717. The molecule has 5 heteroatoms. The highest BCUT2D eigenvalue weighted by atomic mass is 79.9. The third-order valence-corrected chi connectivity index (χ3v) is 3.39. The summed E-state index contributed by atoms with van der Waals surface area (Å²) in [4.78, 5) is 13.8. The molecule has 0 aliphatic carbocycles. The highest BCUT2D eigenvalue weighted by Crippen LogP contribution is 2.20. The lowest BCUT2D eigenvalue weighted by Gasteiger charge is -2.21. The fourth-order valence-electron chi connectivity index (χ4n) is 1.61. The van der Waals surface area contributed by atoms with Crippen LogP contribution in [0, 0.1) is 5.82 Å². The average Bonchev–Trinajstić information content (AvgIpc) is 2.37. The second-order valence-corrected chi connectivity index (χ2v) is 5.17. The zero-order chi connectivity index (χ0) is 13.5. The molecule has 0 aliphatic heterocycles. The van der Waals surface area contributed by atoms with Gasteiger partial charge in [-0.3, -0.25) is 4.79 Å². The molecular formula is C13H16BrClFNO. The first-order chi connectivity index (χ1) is 8.61. The fraction of sp³-hybridized carbons (Fsp3) is 0.462. The third-order valence-electron chi connectivity index (χ3n) is 2.61. The molecule has 1 aromatic rings. The van der Waals surface area contributed by atoms with Crippen molar-refractivity contribution in [1.82, 2.24) is 4.90 Å². The zero-order valence-electron chi connectivity index (χ0n) is 10.3. The number of alkyl halides is 1. The van der Waals surface area contributed by atoms with Crippen molar-refractivity contribution in [2.45, 2.75) is 19.8 Å². The van der Waals surface area contributed by atoms with Crippen molar-refractivity contribution in [1.29, 1.82) is 0 Å². The minimum absolute atomic E-state index is 0.0885. The van der Waals surface area contributed by atoms with Crippen molar-refractivity contribution in [3.8, 4) is 0 Å². The lowest BCUT2D eigenvalue weighted by molar-refractivity contribution is 0.0758. The van der Waals surface area contributed by atoms with Gasteiger partial charge in [0.15, 0.2) is 0 Å². The molecule has 0 fully saturated rings. The molecule has 0 bridgehead atoms. The van der Waals surface area contributed by atoms with E-state index in [0.29, 0.717) is 23.4 Å². The summed E-state index contributed by atoms with van der Waals surface area (Å²) in [5.74, 6) is -0.466. The van der Waals surface area contributed by atoms with Gasteiger partial charge in [0, 0.05) is 19.0 Å². The molecule has 1 aromatic carbocycles. The van der Waals surface area contributed by atoms with Crippen LogP contribution in [0.25, 0.3) is 0 Å². The van der Waals surface area contributed by atoms with E-state index in [1.165, 1.54) is 6.07 Å². The fourth-order valence-corrected chi connectivity index (χ4v) is 2.18. The van der Waals surface area contributed by atoms with Crippen LogP contribution < -0.4 is 0 Å². The van der Waals surface area contributed by atoms with Gasteiger partial charge >= 0.3 is 0 Å². The van der Waals surface area contributed by atoms with Gasteiger partial charge in [-0.15, -0.1) is 11.6 Å². The molecule has 0 saturated heterocycles. The number of unbranched alkanes of at least 4 members (excludes halogenated alkanes) is 1. The van der Waals surface area contributed by atoms with E-state index >= 15 is 0 Å². The second-order valence-electron chi connectivity index (χ2n) is 3.94. The number of hydrogen-bond acceptors (Lipinski definition) is 1. The van der Waals surface area contributed by atoms with Gasteiger partial charge in [0.2, 0.25) is 0 Å². The van der Waals surface area contributed by atoms with Crippen molar-refractivity contribution in [3.63, 3.8) is 0 Å². The number of carbonyl (C=O) groups is 1. The van der Waals surface area contributed by atoms with E-state index in [0.717, 1.165) is 12.8 Å². The van der Waals surface area contributed by atoms with E-state index in [-0.39, 0.29) is 11.5 Å². The van der Waals surface area contributed by atoms with Crippen LogP contribution in [-0.4, -0.2) is 29.8 Å². The normalized spacial score (nSPS) is 10.4. The molecule has 1 amide bonds. The molecule has 0 aromatic heterocycles. The van der Waals surface area contributed by atoms with Crippen LogP contribution in [0.5, 0.6) is 0 Å². The number of amides is 1. The van der Waals surface area contributed by atoms with Crippen molar-refractivity contribution < 1.29 is 9.18 Å². The maximum Gasteiger partial charge on any atom is 0.256 e. The van der Waals surface area contributed by atoms with Crippen molar-refractivity contribution in [3.05, 3.63) is 34.1 Å². The second kappa shape index (κ2) is 7.74. The Morgan fingerprint density at radius 2 is 2.17 bits per heavy atom. The Labute approximate surface area is 120 Å².